The van der Waals surface area contributed by atoms with Crippen molar-refractivity contribution in [3.05, 3.63) is 21.1 Å². The lowest BCUT2D eigenvalue weighted by molar-refractivity contribution is -0.204. The minimum Gasteiger partial charge on any atom is -0.465 e. The SMILES string of the molecule is COC(=O)c1sc(NC(=O)C(F)(F)C(F)(F)C(=O)Nc2nc(C)c(C(=O)OC)s2)nc1C. The van der Waals surface area contributed by atoms with E-state index in [0.717, 1.165) is 14.2 Å². The van der Waals surface area contributed by atoms with Gasteiger partial charge in [-0.05, 0) is 13.8 Å². The number of rotatable bonds is 7. The van der Waals surface area contributed by atoms with Crippen LogP contribution in [-0.4, -0.2) is 59.8 Å². The molecule has 0 aliphatic heterocycles. The van der Waals surface area contributed by atoms with Gasteiger partial charge < -0.3 is 9.47 Å². The average molecular weight is 498 g/mol. The Balaban J connectivity index is 2.20. The number of amides is 2. The number of alkyl halides is 4. The summed E-state index contributed by atoms with van der Waals surface area (Å²) in [4.78, 5) is 53.7. The summed E-state index contributed by atoms with van der Waals surface area (Å²) >= 11 is 0.838. The van der Waals surface area contributed by atoms with Gasteiger partial charge in [0.1, 0.15) is 9.75 Å². The Kier molecular flexibility index (Phi) is 7.19. The summed E-state index contributed by atoms with van der Waals surface area (Å²) in [7, 11) is 2.09. The van der Waals surface area contributed by atoms with Crippen molar-refractivity contribution in [2.24, 2.45) is 0 Å². The number of aryl methyl sites for hydroxylation is 2. The van der Waals surface area contributed by atoms with Crippen LogP contribution in [0.15, 0.2) is 0 Å². The number of anilines is 2. The van der Waals surface area contributed by atoms with Gasteiger partial charge in [0, 0.05) is 0 Å². The molecule has 2 N–H and O–H groups in total. The summed E-state index contributed by atoms with van der Waals surface area (Å²) in [5, 5.41) is 1.76. The van der Waals surface area contributed by atoms with Gasteiger partial charge in [-0.25, -0.2) is 19.6 Å². The smallest absolute Gasteiger partial charge is 0.396 e. The van der Waals surface area contributed by atoms with Gasteiger partial charge in [-0.3, -0.25) is 20.2 Å². The van der Waals surface area contributed by atoms with E-state index >= 15 is 0 Å². The van der Waals surface area contributed by atoms with Gasteiger partial charge in [-0.15, -0.1) is 0 Å². The van der Waals surface area contributed by atoms with E-state index in [0.29, 0.717) is 22.7 Å². The van der Waals surface area contributed by atoms with Crippen LogP contribution in [0.1, 0.15) is 30.7 Å². The zero-order chi connectivity index (χ0) is 24.4. The fraction of sp³-hybridized carbons (Fsp3) is 0.375. The zero-order valence-corrected chi connectivity index (χ0v) is 18.3. The van der Waals surface area contributed by atoms with Crippen LogP contribution in [-0.2, 0) is 19.1 Å². The van der Waals surface area contributed by atoms with Gasteiger partial charge >= 0.3 is 35.6 Å². The predicted octanol–water partition coefficient (Wildman–Crippen LogP) is 2.64. The number of carbonyl (C=O) groups excluding carboxylic acids is 4. The van der Waals surface area contributed by atoms with Gasteiger partial charge in [0.05, 0.1) is 25.6 Å². The normalized spacial score (nSPS) is 11.6. The third kappa shape index (κ3) is 4.69. The Morgan fingerprint density at radius 3 is 1.34 bits per heavy atom. The van der Waals surface area contributed by atoms with Crippen molar-refractivity contribution in [1.82, 2.24) is 9.97 Å². The van der Waals surface area contributed by atoms with E-state index < -0.39 is 45.9 Å². The van der Waals surface area contributed by atoms with E-state index in [4.69, 9.17) is 0 Å². The van der Waals surface area contributed by atoms with Crippen molar-refractivity contribution < 1.29 is 46.2 Å². The van der Waals surface area contributed by atoms with Crippen molar-refractivity contribution in [3.8, 4) is 0 Å². The first-order valence-electron chi connectivity index (χ1n) is 8.26. The highest BCUT2D eigenvalue weighted by atomic mass is 32.1. The number of nitrogens with zero attached hydrogens (tertiary/aromatic N) is 2. The maximum absolute atomic E-state index is 14.2. The topological polar surface area (TPSA) is 137 Å². The van der Waals surface area contributed by atoms with Crippen molar-refractivity contribution in [1.29, 1.82) is 0 Å². The van der Waals surface area contributed by atoms with Crippen LogP contribution >= 0.6 is 22.7 Å². The molecule has 0 fully saturated rings. The number of hydrogen-bond acceptors (Lipinski definition) is 10. The number of halogens is 4. The van der Waals surface area contributed by atoms with E-state index in [1.54, 1.807) is 0 Å². The highest BCUT2D eigenvalue weighted by Crippen LogP contribution is 2.37. The Labute approximate surface area is 184 Å². The average Bonchev–Trinajstić information content (AvgIpc) is 3.28. The predicted molar refractivity (Wildman–Crippen MR) is 104 cm³/mol. The van der Waals surface area contributed by atoms with Crippen LogP contribution in [0.3, 0.4) is 0 Å². The van der Waals surface area contributed by atoms with E-state index in [2.05, 4.69) is 19.4 Å². The second-order valence-electron chi connectivity index (χ2n) is 5.91. The third-order valence-corrected chi connectivity index (χ3v) is 5.85. The summed E-state index contributed by atoms with van der Waals surface area (Å²) in [5.74, 6) is -17.8. The molecule has 0 aliphatic rings. The van der Waals surface area contributed by atoms with Crippen LogP contribution in [0, 0.1) is 13.8 Å². The molecule has 2 heterocycles. The number of aromatic nitrogens is 2. The molecule has 2 rings (SSSR count). The molecule has 0 saturated heterocycles. The molecular formula is C16H14F4N4O6S2. The molecule has 0 aromatic carbocycles. The highest BCUT2D eigenvalue weighted by molar-refractivity contribution is 7.18. The summed E-state index contributed by atoms with van der Waals surface area (Å²) in [6.07, 6.45) is 0. The van der Waals surface area contributed by atoms with Crippen LogP contribution < -0.4 is 10.6 Å². The fourth-order valence-electron chi connectivity index (χ4n) is 2.10. The largest absolute Gasteiger partial charge is 0.465 e. The molecule has 0 bridgehead atoms. The van der Waals surface area contributed by atoms with Crippen LogP contribution in [0.2, 0.25) is 0 Å². The maximum Gasteiger partial charge on any atom is 0.396 e. The number of esters is 2. The molecule has 2 aromatic heterocycles. The molecule has 32 heavy (non-hydrogen) atoms. The van der Waals surface area contributed by atoms with Crippen LogP contribution in [0.25, 0.3) is 0 Å². The molecule has 0 spiro atoms. The van der Waals surface area contributed by atoms with Gasteiger partial charge in [0.15, 0.2) is 10.3 Å². The fourth-order valence-corrected chi connectivity index (χ4v) is 3.86. The van der Waals surface area contributed by atoms with Crippen molar-refractivity contribution in [2.75, 3.05) is 24.9 Å². The number of thiazole rings is 2. The molecule has 174 valence electrons. The molecule has 0 aliphatic carbocycles. The maximum atomic E-state index is 14.2. The minimum atomic E-state index is -5.51. The third-order valence-electron chi connectivity index (χ3n) is 3.74. The van der Waals surface area contributed by atoms with Gasteiger partial charge in [0.2, 0.25) is 0 Å². The number of carbonyl (C=O) groups is 4. The Morgan fingerprint density at radius 2 is 1.06 bits per heavy atom. The molecule has 0 saturated carbocycles. The summed E-state index contributed by atoms with van der Waals surface area (Å²) < 4.78 is 65.7. The van der Waals surface area contributed by atoms with E-state index in [-0.39, 0.29) is 21.1 Å². The monoisotopic (exact) mass is 498 g/mol. The first kappa shape index (κ1) is 25.1. The Hall–Kier alpha value is -3.14. The van der Waals surface area contributed by atoms with E-state index in [1.165, 1.54) is 24.5 Å². The van der Waals surface area contributed by atoms with Gasteiger partial charge in [0.25, 0.3) is 0 Å². The lowest BCUT2D eigenvalue weighted by Crippen LogP contribution is -2.56. The standard InChI is InChI=1S/C16H14F4N4O6S2/c1-5-7(9(25)29-3)31-13(21-5)23-11(27)15(17,18)16(19,20)12(28)24-14-22-6(2)8(32-14)10(26)30-4/h1-4H3,(H,21,23,27)(H,22,24,28). The molecule has 2 aromatic rings. The number of hydrogen-bond donors (Lipinski definition) is 2. The van der Waals surface area contributed by atoms with Gasteiger partial charge in [-0.1, -0.05) is 22.7 Å². The number of ether oxygens (including phenoxy) is 2. The highest BCUT2D eigenvalue weighted by Gasteiger charge is 2.67. The molecule has 16 heteroatoms. The van der Waals surface area contributed by atoms with Gasteiger partial charge in [-0.2, -0.15) is 17.6 Å². The zero-order valence-electron chi connectivity index (χ0n) is 16.7. The quantitative estimate of drug-likeness (QED) is 0.439. The lowest BCUT2D eigenvalue weighted by Gasteiger charge is -2.23. The summed E-state index contributed by atoms with van der Waals surface area (Å²) in [6, 6.07) is 0. The van der Waals surface area contributed by atoms with Crippen molar-refractivity contribution in [3.63, 3.8) is 0 Å². The first-order valence-corrected chi connectivity index (χ1v) is 9.89. The van der Waals surface area contributed by atoms with Crippen LogP contribution in [0.4, 0.5) is 27.8 Å². The molecule has 0 radical (unpaired) electrons. The summed E-state index contributed by atoms with van der Waals surface area (Å²) in [5.41, 5.74) is 0.0102. The minimum absolute atomic E-state index is 0.00511. The number of methoxy groups -OCH3 is 2. The second-order valence-corrected chi connectivity index (χ2v) is 7.91. The number of nitrogens with one attached hydrogen (secondary N) is 2. The molecule has 0 atom stereocenters. The molecule has 0 unspecified atom stereocenters. The summed E-state index contributed by atoms with van der Waals surface area (Å²) in [6.45, 7) is 2.61. The van der Waals surface area contributed by atoms with E-state index in [1.807, 2.05) is 0 Å². The van der Waals surface area contributed by atoms with Crippen LogP contribution in [0.5, 0.6) is 0 Å². The Morgan fingerprint density at radius 1 is 0.750 bits per heavy atom. The second kappa shape index (κ2) is 9.15. The van der Waals surface area contributed by atoms with Crippen molar-refractivity contribution in [2.45, 2.75) is 25.7 Å². The first-order chi connectivity index (χ1) is 14.8. The molecule has 10 nitrogen and oxygen atoms in total. The molecular weight excluding hydrogens is 484 g/mol. The lowest BCUT2D eigenvalue weighted by atomic mass is 10.1. The van der Waals surface area contributed by atoms with E-state index in [9.17, 15) is 36.7 Å². The van der Waals surface area contributed by atoms with Crippen molar-refractivity contribution >= 4 is 56.7 Å². The Bertz CT molecular complexity index is 1000. The molecule has 2 amide bonds.